The molecule has 0 spiro atoms. The van der Waals surface area contributed by atoms with Crippen LogP contribution in [0.2, 0.25) is 0 Å². The third-order valence-corrected chi connectivity index (χ3v) is 17.1. The van der Waals surface area contributed by atoms with Gasteiger partial charge in [-0.15, -0.1) is 0 Å². The Morgan fingerprint density at radius 1 is 0.217 bits per heavy atom. The molecule has 0 radical (unpaired) electrons. The smallest absolute Gasteiger partial charge is 0.183 e. The van der Waals surface area contributed by atoms with E-state index < -0.39 is 0 Å². The molecule has 0 saturated carbocycles. The Morgan fingerprint density at radius 2 is 0.685 bits per heavy atom. The van der Waals surface area contributed by atoms with E-state index in [0.717, 1.165) is 115 Å². The fraction of sp³-hybridized carbons (Fsp3) is 0. The Morgan fingerprint density at radius 3 is 1.24 bits per heavy atom. The van der Waals surface area contributed by atoms with Crippen LogP contribution in [0.1, 0.15) is 0 Å². The molecule has 0 aliphatic heterocycles. The van der Waals surface area contributed by atoms with Crippen LogP contribution in [0.5, 0.6) is 0 Å². The zero-order valence-corrected chi connectivity index (χ0v) is 48.7. The highest BCUT2D eigenvalue weighted by Crippen LogP contribution is 2.44. The molecular weight excluding hydrogens is 1130 g/mol. The molecule has 8 aromatic carbocycles. The van der Waals surface area contributed by atoms with Crippen molar-refractivity contribution < 1.29 is 0 Å². The van der Waals surface area contributed by atoms with Crippen molar-refractivity contribution in [3.05, 3.63) is 268 Å². The quantitative estimate of drug-likeness (QED) is 0.125. The van der Waals surface area contributed by atoms with Crippen LogP contribution in [0.3, 0.4) is 0 Å². The number of hydrogen-bond acceptors (Lipinski definition) is 14. The summed E-state index contributed by atoms with van der Waals surface area (Å²) in [6.45, 7) is 0. The lowest BCUT2D eigenvalue weighted by Gasteiger charge is -2.16. The van der Waals surface area contributed by atoms with Gasteiger partial charge in [0.05, 0.1) is 28.1 Å². The van der Waals surface area contributed by atoms with E-state index in [9.17, 15) is 0 Å². The van der Waals surface area contributed by atoms with Gasteiger partial charge in [-0.3, -0.25) is 29.9 Å². The van der Waals surface area contributed by atoms with E-state index in [0.29, 0.717) is 63.3 Å². The molecule has 18 aromatic rings. The molecule has 10 heterocycles. The summed E-state index contributed by atoms with van der Waals surface area (Å²) in [5, 5.41) is 14.5. The molecule has 0 N–H and O–H groups in total. The SMILES string of the molecule is c1ccc(-c2nc(-c3ccccn3)nc(-c3ncc(-c4nc5ccccc5c5c4ccc4ccc(-c6ccc(-c7nc(-c8cccnc8)nc(-c8ncc(-c9nc%10ccccc%10c%10c9ccc9ccccc9%10)c9ccccc89)n7)cn6)cc45)c4ccccc34)n2)nc1. The fourth-order valence-corrected chi connectivity index (χ4v) is 12.8. The second kappa shape index (κ2) is 21.4. The van der Waals surface area contributed by atoms with Crippen LogP contribution < -0.4 is 0 Å². The minimum atomic E-state index is 0.402. The van der Waals surface area contributed by atoms with Crippen molar-refractivity contribution in [1.82, 2.24) is 69.8 Å². The molecule has 0 amide bonds. The van der Waals surface area contributed by atoms with Gasteiger partial charge in [-0.05, 0) is 99.0 Å². The Kier molecular flexibility index (Phi) is 12.2. The van der Waals surface area contributed by atoms with E-state index in [-0.39, 0.29) is 0 Å². The van der Waals surface area contributed by atoms with E-state index in [1.807, 2.05) is 110 Å². The summed E-state index contributed by atoms with van der Waals surface area (Å²) >= 11 is 0. The topological polar surface area (TPSA) is 180 Å². The standard InChI is InChI=1S/C78H44N14/c1-2-18-50-45(16-1)31-34-57-67(50)55-23-7-9-25-63(55)85-69(57)60-43-83-71(53-21-5-3-19-51(53)60)77-88-73(48-17-15-37-79-41-48)87-74(89-77)49-33-36-62(82-42-49)47-30-29-46-32-35-58-68(59(46)40-47)56-24-8-10-26-64(56)86-70(58)61-44-84-72(54-22-6-4-20-52(54)61)78-91-75(65-27-11-13-38-80-65)90-76(92-78)66-28-12-14-39-81-66/h1-44H. The molecule has 0 aliphatic rings. The number of pyridine rings is 8. The zero-order valence-electron chi connectivity index (χ0n) is 48.7. The number of hydrogen-bond donors (Lipinski definition) is 0. The van der Waals surface area contributed by atoms with Gasteiger partial charge in [0.25, 0.3) is 0 Å². The Balaban J connectivity index is 0.739. The molecule has 92 heavy (non-hydrogen) atoms. The summed E-state index contributed by atoms with van der Waals surface area (Å²) in [5.74, 6) is 2.56. The summed E-state index contributed by atoms with van der Waals surface area (Å²) in [7, 11) is 0. The van der Waals surface area contributed by atoms with Crippen LogP contribution in [0.25, 0.3) is 189 Å². The third kappa shape index (κ3) is 8.80. The van der Waals surface area contributed by atoms with Crippen LogP contribution in [0.15, 0.2) is 268 Å². The molecule has 14 nitrogen and oxygen atoms in total. The summed E-state index contributed by atoms with van der Waals surface area (Å²) in [4.78, 5) is 70.1. The van der Waals surface area contributed by atoms with Gasteiger partial charge in [0, 0.05) is 114 Å². The van der Waals surface area contributed by atoms with Crippen LogP contribution in [-0.2, 0) is 0 Å². The molecule has 18 rings (SSSR count). The van der Waals surface area contributed by atoms with E-state index in [2.05, 4.69) is 148 Å². The second-order valence-electron chi connectivity index (χ2n) is 22.4. The highest BCUT2D eigenvalue weighted by atomic mass is 15.1. The molecule has 0 fully saturated rings. The Bertz CT molecular complexity index is 5940. The first-order chi connectivity index (χ1) is 45.6. The van der Waals surface area contributed by atoms with Gasteiger partial charge in [0.1, 0.15) is 22.8 Å². The first-order valence-corrected chi connectivity index (χ1v) is 30.0. The number of nitrogens with zero attached hydrogens (tertiary/aromatic N) is 14. The Labute approximate surface area is 523 Å². The normalized spacial score (nSPS) is 11.7. The molecule has 0 aliphatic carbocycles. The average Bonchev–Trinajstić information content (AvgIpc) is 0.752. The molecule has 0 atom stereocenters. The maximum absolute atomic E-state index is 5.43. The second-order valence-corrected chi connectivity index (χ2v) is 22.4. The highest BCUT2D eigenvalue weighted by Gasteiger charge is 2.24. The lowest BCUT2D eigenvalue weighted by molar-refractivity contribution is 1.04. The van der Waals surface area contributed by atoms with Crippen LogP contribution in [-0.4, -0.2) is 69.8 Å². The van der Waals surface area contributed by atoms with Crippen molar-refractivity contribution in [2.75, 3.05) is 0 Å². The zero-order chi connectivity index (χ0) is 60.6. The number of rotatable bonds is 9. The summed E-state index contributed by atoms with van der Waals surface area (Å²) < 4.78 is 0. The molecule has 0 unspecified atom stereocenters. The molecular formula is C78H44N14. The van der Waals surface area contributed by atoms with Gasteiger partial charge in [-0.25, -0.2) is 39.9 Å². The van der Waals surface area contributed by atoms with E-state index in [1.54, 1.807) is 24.8 Å². The largest absolute Gasteiger partial charge is 0.264 e. The van der Waals surface area contributed by atoms with Crippen LogP contribution in [0.4, 0.5) is 0 Å². The average molecular weight is 1180 g/mol. The van der Waals surface area contributed by atoms with Gasteiger partial charge < -0.3 is 0 Å². The van der Waals surface area contributed by atoms with Gasteiger partial charge >= 0.3 is 0 Å². The number of aromatic nitrogens is 14. The molecule has 10 aromatic heterocycles. The first-order valence-electron chi connectivity index (χ1n) is 30.0. The lowest BCUT2D eigenvalue weighted by atomic mass is 9.92. The van der Waals surface area contributed by atoms with Crippen molar-refractivity contribution >= 4 is 86.4 Å². The van der Waals surface area contributed by atoms with Crippen LogP contribution in [0, 0.1) is 0 Å². The first kappa shape index (κ1) is 52.2. The molecule has 0 saturated heterocycles. The summed E-state index contributed by atoms with van der Waals surface area (Å²) in [6.07, 6.45) is 12.6. The minimum absolute atomic E-state index is 0.402. The van der Waals surface area contributed by atoms with Crippen molar-refractivity contribution in [3.8, 4) is 103 Å². The van der Waals surface area contributed by atoms with Crippen molar-refractivity contribution in [1.29, 1.82) is 0 Å². The van der Waals surface area contributed by atoms with Crippen molar-refractivity contribution in [3.63, 3.8) is 0 Å². The van der Waals surface area contributed by atoms with Gasteiger partial charge in [-0.1, -0.05) is 158 Å². The van der Waals surface area contributed by atoms with E-state index in [1.165, 1.54) is 10.8 Å². The number of para-hydroxylation sites is 2. The number of benzene rings is 8. The summed E-state index contributed by atoms with van der Waals surface area (Å²) in [6, 6.07) is 76.1. The van der Waals surface area contributed by atoms with E-state index in [4.69, 9.17) is 54.8 Å². The molecule has 14 heteroatoms. The minimum Gasteiger partial charge on any atom is -0.264 e. The molecule has 0 bridgehead atoms. The fourth-order valence-electron chi connectivity index (χ4n) is 12.8. The monoisotopic (exact) mass is 1180 g/mol. The predicted octanol–water partition coefficient (Wildman–Crippen LogP) is 17.4. The lowest BCUT2D eigenvalue weighted by Crippen LogP contribution is -2.03. The van der Waals surface area contributed by atoms with E-state index >= 15 is 0 Å². The molecule has 426 valence electrons. The predicted molar refractivity (Wildman–Crippen MR) is 365 cm³/mol. The van der Waals surface area contributed by atoms with Crippen molar-refractivity contribution in [2.45, 2.75) is 0 Å². The summed E-state index contributed by atoms with van der Waals surface area (Å²) in [5.41, 5.74) is 10.8. The highest BCUT2D eigenvalue weighted by molar-refractivity contribution is 6.25. The van der Waals surface area contributed by atoms with Crippen molar-refractivity contribution in [2.24, 2.45) is 0 Å². The maximum Gasteiger partial charge on any atom is 0.183 e. The van der Waals surface area contributed by atoms with Gasteiger partial charge in [0.15, 0.2) is 34.9 Å². The Hall–Kier alpha value is -12.9. The van der Waals surface area contributed by atoms with Crippen LogP contribution >= 0.6 is 0 Å². The number of fused-ring (bicyclic) bond motifs is 12. The third-order valence-electron chi connectivity index (χ3n) is 17.1. The van der Waals surface area contributed by atoms with Gasteiger partial charge in [0.2, 0.25) is 0 Å². The van der Waals surface area contributed by atoms with Gasteiger partial charge in [-0.2, -0.15) is 0 Å². The maximum atomic E-state index is 5.43.